The van der Waals surface area contributed by atoms with Crippen LogP contribution in [0.4, 0.5) is 13.2 Å². The minimum Gasteiger partial charge on any atom is -0.369 e. The Morgan fingerprint density at radius 3 is 2.59 bits per heavy atom. The van der Waals surface area contributed by atoms with Crippen molar-refractivity contribution in [3.8, 4) is 5.69 Å². The third kappa shape index (κ3) is 4.15. The number of carbonyl (C=O) groups excluding carboxylic acids is 2. The van der Waals surface area contributed by atoms with Crippen LogP contribution >= 0.6 is 0 Å². The SMILES string of the molecule is Cc1cc(=O)c(C(=O)N2CCCC(C(N)=O)C2)nn1-c1ccccc1C(F)(F)F. The molecule has 2 aromatic rings. The van der Waals surface area contributed by atoms with Crippen molar-refractivity contribution in [2.75, 3.05) is 13.1 Å². The summed E-state index contributed by atoms with van der Waals surface area (Å²) >= 11 is 0. The normalized spacial score (nSPS) is 17.2. The minimum atomic E-state index is -4.64. The number of aryl methyl sites for hydroxylation is 1. The highest BCUT2D eigenvalue weighted by molar-refractivity contribution is 5.92. The fourth-order valence-corrected chi connectivity index (χ4v) is 3.38. The van der Waals surface area contributed by atoms with Gasteiger partial charge < -0.3 is 10.6 Å². The predicted octanol–water partition coefficient (Wildman–Crippen LogP) is 1.90. The number of para-hydroxylation sites is 1. The molecule has 1 fully saturated rings. The van der Waals surface area contributed by atoms with Gasteiger partial charge in [0.25, 0.3) is 5.91 Å². The number of rotatable bonds is 3. The first kappa shape index (κ1) is 20.6. The van der Waals surface area contributed by atoms with E-state index in [-0.39, 0.29) is 17.9 Å². The molecule has 2 N–H and O–H groups in total. The molecule has 0 aliphatic carbocycles. The number of carbonyl (C=O) groups is 2. The predicted molar refractivity (Wildman–Crippen MR) is 97.4 cm³/mol. The number of alkyl halides is 3. The second kappa shape index (κ2) is 7.69. The van der Waals surface area contributed by atoms with Gasteiger partial charge in [0, 0.05) is 24.8 Å². The fourth-order valence-electron chi connectivity index (χ4n) is 3.38. The van der Waals surface area contributed by atoms with Crippen molar-refractivity contribution in [1.82, 2.24) is 14.7 Å². The molecule has 29 heavy (non-hydrogen) atoms. The van der Waals surface area contributed by atoms with Crippen LogP contribution in [-0.2, 0) is 11.0 Å². The summed E-state index contributed by atoms with van der Waals surface area (Å²) in [6.45, 7) is 1.78. The van der Waals surface area contributed by atoms with Gasteiger partial charge in [-0.3, -0.25) is 14.4 Å². The molecule has 154 valence electrons. The molecular formula is C19H19F3N4O3. The van der Waals surface area contributed by atoms with Gasteiger partial charge in [-0.05, 0) is 31.9 Å². The zero-order valence-corrected chi connectivity index (χ0v) is 15.6. The van der Waals surface area contributed by atoms with Crippen molar-refractivity contribution < 1.29 is 22.8 Å². The van der Waals surface area contributed by atoms with E-state index < -0.39 is 40.6 Å². The number of primary amides is 1. The van der Waals surface area contributed by atoms with Gasteiger partial charge in [-0.1, -0.05) is 12.1 Å². The Labute approximate surface area is 163 Å². The lowest BCUT2D eigenvalue weighted by atomic mass is 9.97. The molecule has 1 saturated heterocycles. The summed E-state index contributed by atoms with van der Waals surface area (Å²) in [6.07, 6.45) is -3.58. The summed E-state index contributed by atoms with van der Waals surface area (Å²) in [6, 6.07) is 5.84. The van der Waals surface area contributed by atoms with Crippen LogP contribution in [0.15, 0.2) is 35.1 Å². The van der Waals surface area contributed by atoms with Gasteiger partial charge in [0.15, 0.2) is 5.69 Å². The zero-order chi connectivity index (χ0) is 21.3. The summed E-state index contributed by atoms with van der Waals surface area (Å²) in [5.74, 6) is -1.82. The Kier molecular flexibility index (Phi) is 5.45. The molecule has 2 amide bonds. The molecule has 1 aliphatic rings. The molecule has 1 aromatic carbocycles. The van der Waals surface area contributed by atoms with Crippen LogP contribution in [0.2, 0.25) is 0 Å². The van der Waals surface area contributed by atoms with E-state index in [1.807, 2.05) is 0 Å². The highest BCUT2D eigenvalue weighted by atomic mass is 19.4. The Morgan fingerprint density at radius 2 is 1.93 bits per heavy atom. The number of amides is 2. The van der Waals surface area contributed by atoms with E-state index in [2.05, 4.69) is 5.10 Å². The molecular weight excluding hydrogens is 389 g/mol. The van der Waals surface area contributed by atoms with Gasteiger partial charge in [-0.2, -0.15) is 18.3 Å². The van der Waals surface area contributed by atoms with E-state index >= 15 is 0 Å². The summed E-state index contributed by atoms with van der Waals surface area (Å²) in [5, 5.41) is 3.96. The first-order valence-electron chi connectivity index (χ1n) is 8.95. The van der Waals surface area contributed by atoms with E-state index in [4.69, 9.17) is 5.73 Å². The molecule has 7 nitrogen and oxygen atoms in total. The lowest BCUT2D eigenvalue weighted by molar-refractivity contribution is -0.137. The Bertz CT molecular complexity index is 1020. The Balaban J connectivity index is 2.05. The molecule has 2 heterocycles. The average Bonchev–Trinajstić information content (AvgIpc) is 2.67. The Hall–Kier alpha value is -3.17. The van der Waals surface area contributed by atoms with Gasteiger partial charge in [-0.25, -0.2) is 4.68 Å². The number of hydrogen-bond donors (Lipinski definition) is 1. The summed E-state index contributed by atoms with van der Waals surface area (Å²) < 4.78 is 41.1. The first-order valence-corrected chi connectivity index (χ1v) is 8.95. The van der Waals surface area contributed by atoms with Gasteiger partial charge >= 0.3 is 6.18 Å². The highest BCUT2D eigenvalue weighted by Gasteiger charge is 2.35. The molecule has 1 unspecified atom stereocenters. The molecule has 3 rings (SSSR count). The molecule has 0 bridgehead atoms. The fraction of sp³-hybridized carbons (Fsp3) is 0.368. The van der Waals surface area contributed by atoms with Crippen LogP contribution in [0.25, 0.3) is 5.69 Å². The van der Waals surface area contributed by atoms with Gasteiger partial charge in [0.1, 0.15) is 0 Å². The lowest BCUT2D eigenvalue weighted by Gasteiger charge is -2.30. The standard InChI is InChI=1S/C19H19F3N4O3/c1-11-9-15(27)16(18(29)25-8-4-5-12(10-25)17(23)28)24-26(11)14-7-3-2-6-13(14)19(20,21)22/h2-3,6-7,9,12H,4-5,8,10H2,1H3,(H2,23,28). The van der Waals surface area contributed by atoms with Crippen LogP contribution in [0.5, 0.6) is 0 Å². The number of nitrogens with two attached hydrogens (primary N) is 1. The molecule has 1 aromatic heterocycles. The third-order valence-corrected chi connectivity index (χ3v) is 4.86. The van der Waals surface area contributed by atoms with Gasteiger partial charge in [0.05, 0.1) is 17.2 Å². The number of likely N-dealkylation sites (tertiary alicyclic amines) is 1. The zero-order valence-electron chi connectivity index (χ0n) is 15.6. The molecule has 0 radical (unpaired) electrons. The smallest absolute Gasteiger partial charge is 0.369 e. The average molecular weight is 408 g/mol. The molecule has 1 atom stereocenters. The van der Waals surface area contributed by atoms with Gasteiger partial charge in [0.2, 0.25) is 11.3 Å². The maximum atomic E-state index is 13.4. The first-order chi connectivity index (χ1) is 13.6. The van der Waals surface area contributed by atoms with Crippen molar-refractivity contribution in [3.05, 3.63) is 57.5 Å². The summed E-state index contributed by atoms with van der Waals surface area (Å²) in [5.41, 5.74) is 3.03. The van der Waals surface area contributed by atoms with E-state index in [0.29, 0.717) is 19.4 Å². The van der Waals surface area contributed by atoms with Crippen molar-refractivity contribution >= 4 is 11.8 Å². The lowest BCUT2D eigenvalue weighted by Crippen LogP contribution is -2.45. The number of aromatic nitrogens is 2. The number of piperidine rings is 1. The Morgan fingerprint density at radius 1 is 1.24 bits per heavy atom. The largest absolute Gasteiger partial charge is 0.418 e. The van der Waals surface area contributed by atoms with Crippen LogP contribution in [0.3, 0.4) is 0 Å². The van der Waals surface area contributed by atoms with E-state index in [9.17, 15) is 27.6 Å². The molecule has 10 heteroatoms. The maximum absolute atomic E-state index is 13.4. The topological polar surface area (TPSA) is 98.3 Å². The van der Waals surface area contributed by atoms with E-state index in [0.717, 1.165) is 16.8 Å². The second-order valence-corrected chi connectivity index (χ2v) is 6.92. The minimum absolute atomic E-state index is 0.0439. The summed E-state index contributed by atoms with van der Waals surface area (Å²) in [7, 11) is 0. The van der Waals surface area contributed by atoms with Crippen LogP contribution in [0.1, 0.15) is 34.6 Å². The number of benzene rings is 1. The number of nitrogens with zero attached hydrogens (tertiary/aromatic N) is 3. The van der Waals surface area contributed by atoms with Crippen LogP contribution < -0.4 is 11.2 Å². The second-order valence-electron chi connectivity index (χ2n) is 6.92. The van der Waals surface area contributed by atoms with Crippen molar-refractivity contribution in [2.24, 2.45) is 11.7 Å². The quantitative estimate of drug-likeness (QED) is 0.839. The van der Waals surface area contributed by atoms with E-state index in [1.54, 1.807) is 0 Å². The highest BCUT2D eigenvalue weighted by Crippen LogP contribution is 2.33. The number of hydrogen-bond acceptors (Lipinski definition) is 4. The third-order valence-electron chi connectivity index (χ3n) is 4.86. The van der Waals surface area contributed by atoms with Crippen molar-refractivity contribution in [2.45, 2.75) is 25.9 Å². The van der Waals surface area contributed by atoms with Gasteiger partial charge in [-0.15, -0.1) is 0 Å². The number of halogens is 3. The van der Waals surface area contributed by atoms with Crippen LogP contribution in [-0.4, -0.2) is 39.6 Å². The van der Waals surface area contributed by atoms with E-state index in [1.165, 1.54) is 30.0 Å². The maximum Gasteiger partial charge on any atom is 0.418 e. The summed E-state index contributed by atoms with van der Waals surface area (Å²) in [4.78, 5) is 37.9. The van der Waals surface area contributed by atoms with Crippen molar-refractivity contribution in [1.29, 1.82) is 0 Å². The van der Waals surface area contributed by atoms with Crippen LogP contribution in [0, 0.1) is 12.8 Å². The monoisotopic (exact) mass is 408 g/mol. The molecule has 0 spiro atoms. The molecule has 0 saturated carbocycles. The molecule has 1 aliphatic heterocycles. The van der Waals surface area contributed by atoms with Crippen molar-refractivity contribution in [3.63, 3.8) is 0 Å².